The summed E-state index contributed by atoms with van der Waals surface area (Å²) >= 11 is 0. The number of benzene rings is 1. The maximum Gasteiger partial charge on any atom is 0.191 e. The van der Waals surface area contributed by atoms with Crippen molar-refractivity contribution in [3.8, 4) is 5.75 Å². The topological polar surface area (TPSA) is 58.1 Å². The van der Waals surface area contributed by atoms with Crippen molar-refractivity contribution in [3.63, 3.8) is 0 Å². The van der Waals surface area contributed by atoms with Crippen LogP contribution in [0.1, 0.15) is 43.7 Å². The summed E-state index contributed by atoms with van der Waals surface area (Å²) in [6, 6.07) is 8.80. The van der Waals surface area contributed by atoms with Gasteiger partial charge in [-0.2, -0.15) is 0 Å². The quantitative estimate of drug-likeness (QED) is 0.367. The van der Waals surface area contributed by atoms with Crippen LogP contribution in [0.3, 0.4) is 0 Å². The highest BCUT2D eigenvalue weighted by Crippen LogP contribution is 2.28. The lowest BCUT2D eigenvalue weighted by Crippen LogP contribution is -2.45. The summed E-state index contributed by atoms with van der Waals surface area (Å²) in [5, 5.41) is 6.88. The molecule has 0 aromatic heterocycles. The predicted octanol–water partition coefficient (Wildman–Crippen LogP) is 2.81. The summed E-state index contributed by atoms with van der Waals surface area (Å²) in [5.41, 5.74) is 1.32. The highest BCUT2D eigenvalue weighted by Gasteiger charge is 2.23. The molecule has 6 nitrogen and oxygen atoms in total. The molecule has 1 heterocycles. The first kappa shape index (κ1) is 20.9. The Balaban J connectivity index is 1.51. The lowest BCUT2D eigenvalue weighted by molar-refractivity contribution is 0.129. The summed E-state index contributed by atoms with van der Waals surface area (Å²) in [4.78, 5) is 6.96. The van der Waals surface area contributed by atoms with E-state index in [4.69, 9.17) is 9.47 Å². The van der Waals surface area contributed by atoms with Crippen molar-refractivity contribution >= 4 is 5.96 Å². The highest BCUT2D eigenvalue weighted by atomic mass is 16.5. The lowest BCUT2D eigenvalue weighted by Gasteiger charge is -2.35. The summed E-state index contributed by atoms with van der Waals surface area (Å²) in [6.07, 6.45) is 6.55. The van der Waals surface area contributed by atoms with Gasteiger partial charge in [-0.15, -0.1) is 0 Å². The van der Waals surface area contributed by atoms with E-state index in [1.54, 1.807) is 7.11 Å². The lowest BCUT2D eigenvalue weighted by atomic mass is 10.0. The van der Waals surface area contributed by atoms with Crippen LogP contribution < -0.4 is 15.4 Å². The van der Waals surface area contributed by atoms with Crippen LogP contribution in [-0.2, 0) is 4.74 Å². The van der Waals surface area contributed by atoms with E-state index in [1.165, 1.54) is 37.7 Å². The number of piperidine rings is 1. The molecule has 1 unspecified atom stereocenters. The van der Waals surface area contributed by atoms with Crippen LogP contribution in [-0.4, -0.2) is 64.4 Å². The Labute approximate surface area is 169 Å². The molecule has 0 radical (unpaired) electrons. The normalized spacial score (nSPS) is 19.3. The van der Waals surface area contributed by atoms with Crippen LogP contribution in [0.2, 0.25) is 0 Å². The average molecular weight is 389 g/mol. The number of hydrogen-bond donors (Lipinski definition) is 2. The predicted molar refractivity (Wildman–Crippen MR) is 114 cm³/mol. The van der Waals surface area contributed by atoms with Crippen LogP contribution >= 0.6 is 0 Å². The summed E-state index contributed by atoms with van der Waals surface area (Å²) < 4.78 is 11.0. The van der Waals surface area contributed by atoms with Crippen molar-refractivity contribution in [2.75, 3.05) is 53.6 Å². The average Bonchev–Trinajstić information content (AvgIpc) is 3.58. The molecule has 1 aromatic rings. The molecule has 2 fully saturated rings. The van der Waals surface area contributed by atoms with Gasteiger partial charge in [-0.3, -0.25) is 9.89 Å². The van der Waals surface area contributed by atoms with Crippen LogP contribution in [0.25, 0.3) is 0 Å². The van der Waals surface area contributed by atoms with Crippen molar-refractivity contribution < 1.29 is 9.47 Å². The highest BCUT2D eigenvalue weighted by molar-refractivity contribution is 5.79. The maximum atomic E-state index is 5.70. The minimum absolute atomic E-state index is 0.330. The molecule has 1 aromatic carbocycles. The Morgan fingerprint density at radius 2 is 1.89 bits per heavy atom. The van der Waals surface area contributed by atoms with Gasteiger partial charge in [-0.25, -0.2) is 0 Å². The van der Waals surface area contributed by atoms with Gasteiger partial charge in [0.15, 0.2) is 5.96 Å². The summed E-state index contributed by atoms with van der Waals surface area (Å²) in [5.74, 6) is 2.55. The van der Waals surface area contributed by atoms with E-state index in [-0.39, 0.29) is 0 Å². The zero-order valence-electron chi connectivity index (χ0n) is 17.5. The van der Waals surface area contributed by atoms with Gasteiger partial charge >= 0.3 is 0 Å². The number of likely N-dealkylation sites (tertiary alicyclic amines) is 1. The van der Waals surface area contributed by atoms with E-state index in [2.05, 4.69) is 44.8 Å². The monoisotopic (exact) mass is 388 g/mol. The molecule has 0 bridgehead atoms. The number of hydrogen-bond acceptors (Lipinski definition) is 4. The molecule has 2 aliphatic rings. The molecule has 28 heavy (non-hydrogen) atoms. The van der Waals surface area contributed by atoms with E-state index < -0.39 is 0 Å². The molecule has 3 rings (SSSR count). The Hall–Kier alpha value is -1.79. The van der Waals surface area contributed by atoms with Crippen LogP contribution in [0, 0.1) is 5.92 Å². The van der Waals surface area contributed by atoms with Gasteiger partial charge in [0.1, 0.15) is 5.75 Å². The molecule has 1 atom stereocenters. The van der Waals surface area contributed by atoms with Crippen molar-refractivity contribution in [2.24, 2.45) is 10.9 Å². The Morgan fingerprint density at radius 3 is 2.54 bits per heavy atom. The van der Waals surface area contributed by atoms with Gasteiger partial charge in [0, 0.05) is 26.7 Å². The van der Waals surface area contributed by atoms with Gasteiger partial charge in [0.25, 0.3) is 0 Å². The third-order valence-electron chi connectivity index (χ3n) is 5.61. The number of methoxy groups -OCH3 is 1. The van der Waals surface area contributed by atoms with Crippen molar-refractivity contribution in [1.29, 1.82) is 0 Å². The molecular weight excluding hydrogens is 352 g/mol. The standard InChI is InChI=1S/C22H36N4O2/c1-23-22(24-12-15-28-17-18-6-7-18)25-16-21(26-13-4-3-5-14-26)19-8-10-20(27-2)11-9-19/h8-11,18,21H,3-7,12-17H2,1-2H3,(H2,23,24,25). The number of aliphatic imine (C=N–C) groups is 1. The van der Waals surface area contributed by atoms with Crippen molar-refractivity contribution in [3.05, 3.63) is 29.8 Å². The molecule has 156 valence electrons. The zero-order chi connectivity index (χ0) is 19.6. The number of nitrogens with one attached hydrogen (secondary N) is 2. The van der Waals surface area contributed by atoms with Gasteiger partial charge in [0.05, 0.1) is 19.8 Å². The third kappa shape index (κ3) is 6.67. The van der Waals surface area contributed by atoms with E-state index in [9.17, 15) is 0 Å². The largest absolute Gasteiger partial charge is 0.497 e. The van der Waals surface area contributed by atoms with Crippen LogP contribution in [0.5, 0.6) is 5.75 Å². The number of nitrogens with zero attached hydrogens (tertiary/aromatic N) is 2. The molecule has 2 N–H and O–H groups in total. The SMILES string of the molecule is CN=C(NCCOCC1CC1)NCC(c1ccc(OC)cc1)N1CCCCC1. The molecule has 6 heteroatoms. The van der Waals surface area contributed by atoms with Crippen LogP contribution in [0.4, 0.5) is 0 Å². The zero-order valence-corrected chi connectivity index (χ0v) is 17.5. The molecule has 0 amide bonds. The van der Waals surface area contributed by atoms with E-state index >= 15 is 0 Å². The third-order valence-corrected chi connectivity index (χ3v) is 5.61. The van der Waals surface area contributed by atoms with Gasteiger partial charge in [-0.1, -0.05) is 18.6 Å². The number of rotatable bonds is 10. The molecule has 0 spiro atoms. The van der Waals surface area contributed by atoms with E-state index in [0.717, 1.165) is 57.0 Å². The van der Waals surface area contributed by atoms with Crippen LogP contribution in [0.15, 0.2) is 29.3 Å². The molecule has 1 saturated heterocycles. The number of guanidine groups is 1. The minimum Gasteiger partial charge on any atom is -0.497 e. The van der Waals surface area contributed by atoms with Gasteiger partial charge in [-0.05, 0) is 62.4 Å². The Kier molecular flexibility index (Phi) is 8.42. The van der Waals surface area contributed by atoms with Crippen molar-refractivity contribution in [1.82, 2.24) is 15.5 Å². The fourth-order valence-corrected chi connectivity index (χ4v) is 3.70. The first-order chi connectivity index (χ1) is 13.8. The summed E-state index contributed by atoms with van der Waals surface area (Å²) in [6.45, 7) is 5.55. The Morgan fingerprint density at radius 1 is 1.14 bits per heavy atom. The second-order valence-corrected chi connectivity index (χ2v) is 7.78. The maximum absolute atomic E-state index is 5.70. The fraction of sp³-hybridized carbons (Fsp3) is 0.682. The summed E-state index contributed by atoms with van der Waals surface area (Å²) in [7, 11) is 3.53. The van der Waals surface area contributed by atoms with Crippen molar-refractivity contribution in [2.45, 2.75) is 38.1 Å². The molecule has 1 saturated carbocycles. The first-order valence-electron chi connectivity index (χ1n) is 10.7. The second kappa shape index (κ2) is 11.3. The first-order valence-corrected chi connectivity index (χ1v) is 10.7. The molecular formula is C22H36N4O2. The smallest absolute Gasteiger partial charge is 0.191 e. The van der Waals surface area contributed by atoms with E-state index in [0.29, 0.717) is 6.04 Å². The minimum atomic E-state index is 0.330. The van der Waals surface area contributed by atoms with Gasteiger partial charge in [0.2, 0.25) is 0 Å². The molecule has 1 aliphatic carbocycles. The second-order valence-electron chi connectivity index (χ2n) is 7.78. The number of ether oxygens (including phenoxy) is 2. The molecule has 1 aliphatic heterocycles. The van der Waals surface area contributed by atoms with E-state index in [1.807, 2.05) is 7.05 Å². The Bertz CT molecular complexity index is 595. The van der Waals surface area contributed by atoms with Gasteiger partial charge < -0.3 is 20.1 Å². The fourth-order valence-electron chi connectivity index (χ4n) is 3.70.